The highest BCUT2D eigenvalue weighted by molar-refractivity contribution is 7.89. The molecule has 0 saturated carbocycles. The SMILES string of the molecule is COc1cc(C)n(CCNC(=O)CNS(=O)(=O)c2cccc(C)c2)c(=O)c1. The molecule has 27 heavy (non-hydrogen) atoms. The summed E-state index contributed by atoms with van der Waals surface area (Å²) >= 11 is 0. The zero-order valence-electron chi connectivity index (χ0n) is 15.5. The molecule has 1 amide bonds. The van der Waals surface area contributed by atoms with Gasteiger partial charge >= 0.3 is 0 Å². The van der Waals surface area contributed by atoms with Gasteiger partial charge in [-0.3, -0.25) is 9.59 Å². The highest BCUT2D eigenvalue weighted by Gasteiger charge is 2.15. The van der Waals surface area contributed by atoms with Crippen LogP contribution in [0.3, 0.4) is 0 Å². The maximum absolute atomic E-state index is 12.2. The largest absolute Gasteiger partial charge is 0.496 e. The smallest absolute Gasteiger partial charge is 0.254 e. The van der Waals surface area contributed by atoms with Gasteiger partial charge in [-0.25, -0.2) is 13.1 Å². The number of hydrogen-bond donors (Lipinski definition) is 2. The number of benzene rings is 1. The highest BCUT2D eigenvalue weighted by Crippen LogP contribution is 2.10. The molecule has 146 valence electrons. The molecule has 0 saturated heterocycles. The molecular weight excluding hydrogens is 370 g/mol. The summed E-state index contributed by atoms with van der Waals surface area (Å²) in [5.74, 6) is -0.00576. The van der Waals surface area contributed by atoms with Gasteiger partial charge in [-0.15, -0.1) is 0 Å². The zero-order chi connectivity index (χ0) is 20.0. The lowest BCUT2D eigenvalue weighted by atomic mass is 10.2. The van der Waals surface area contributed by atoms with Gasteiger partial charge in [0.15, 0.2) is 0 Å². The number of nitrogens with one attached hydrogen (secondary N) is 2. The molecule has 0 spiro atoms. The van der Waals surface area contributed by atoms with E-state index in [0.717, 1.165) is 5.56 Å². The van der Waals surface area contributed by atoms with Crippen molar-refractivity contribution in [2.75, 3.05) is 20.2 Å². The van der Waals surface area contributed by atoms with Gasteiger partial charge in [0, 0.05) is 24.8 Å². The Kier molecular flexibility index (Phi) is 6.75. The van der Waals surface area contributed by atoms with E-state index in [9.17, 15) is 18.0 Å². The summed E-state index contributed by atoms with van der Waals surface area (Å²) in [6.07, 6.45) is 0. The normalized spacial score (nSPS) is 11.2. The van der Waals surface area contributed by atoms with Crippen LogP contribution in [0, 0.1) is 13.8 Å². The molecule has 0 aliphatic heterocycles. The summed E-state index contributed by atoms with van der Waals surface area (Å²) in [6.45, 7) is 3.63. The van der Waals surface area contributed by atoms with Gasteiger partial charge in [-0.2, -0.15) is 0 Å². The molecule has 0 aliphatic rings. The lowest BCUT2D eigenvalue weighted by Gasteiger charge is -2.12. The van der Waals surface area contributed by atoms with Crippen molar-refractivity contribution >= 4 is 15.9 Å². The lowest BCUT2D eigenvalue weighted by molar-refractivity contribution is -0.120. The van der Waals surface area contributed by atoms with Crippen LogP contribution in [0.1, 0.15) is 11.3 Å². The number of aryl methyl sites for hydroxylation is 2. The third-order valence-electron chi connectivity index (χ3n) is 3.92. The first-order valence-corrected chi connectivity index (χ1v) is 9.80. The van der Waals surface area contributed by atoms with Crippen LogP contribution >= 0.6 is 0 Å². The predicted molar refractivity (Wildman–Crippen MR) is 101 cm³/mol. The summed E-state index contributed by atoms with van der Waals surface area (Å²) in [5, 5.41) is 2.59. The van der Waals surface area contributed by atoms with Crippen molar-refractivity contribution in [2.24, 2.45) is 0 Å². The summed E-state index contributed by atoms with van der Waals surface area (Å²) in [7, 11) is -2.27. The molecular formula is C18H23N3O5S. The first kappa shape index (κ1) is 20.7. The molecule has 0 fully saturated rings. The number of rotatable bonds is 8. The Morgan fingerprint density at radius 3 is 2.56 bits per heavy atom. The first-order chi connectivity index (χ1) is 12.7. The molecule has 2 rings (SSSR count). The summed E-state index contributed by atoms with van der Waals surface area (Å²) in [5.41, 5.74) is 1.28. The maximum atomic E-state index is 12.2. The standard InChI is InChI=1S/C18H23N3O5S/c1-13-5-4-6-16(9-13)27(24,25)20-12-17(22)19-7-8-21-14(2)10-15(26-3)11-18(21)23/h4-6,9-11,20H,7-8,12H2,1-3H3,(H,19,22). The van der Waals surface area contributed by atoms with E-state index < -0.39 is 15.9 Å². The number of ether oxygens (including phenoxy) is 1. The summed E-state index contributed by atoms with van der Waals surface area (Å²) in [6, 6.07) is 9.50. The quantitative estimate of drug-likeness (QED) is 0.682. The van der Waals surface area contributed by atoms with E-state index in [-0.39, 0.29) is 30.1 Å². The molecule has 1 aromatic heterocycles. The Labute approximate surface area is 158 Å². The molecule has 0 unspecified atom stereocenters. The number of sulfonamides is 1. The van der Waals surface area contributed by atoms with Crippen molar-refractivity contribution in [3.63, 3.8) is 0 Å². The van der Waals surface area contributed by atoms with E-state index in [4.69, 9.17) is 4.74 Å². The third kappa shape index (κ3) is 5.66. The van der Waals surface area contributed by atoms with Crippen LogP contribution < -0.4 is 20.3 Å². The number of pyridine rings is 1. The Bertz CT molecular complexity index is 983. The Balaban J connectivity index is 1.88. The van der Waals surface area contributed by atoms with Crippen molar-refractivity contribution in [1.29, 1.82) is 0 Å². The van der Waals surface area contributed by atoms with Crippen LogP contribution in [0.2, 0.25) is 0 Å². The molecule has 0 bridgehead atoms. The topological polar surface area (TPSA) is 106 Å². The fraction of sp³-hybridized carbons (Fsp3) is 0.333. The molecule has 1 heterocycles. The molecule has 2 aromatic rings. The summed E-state index contributed by atoms with van der Waals surface area (Å²) in [4.78, 5) is 24.0. The Morgan fingerprint density at radius 1 is 1.19 bits per heavy atom. The first-order valence-electron chi connectivity index (χ1n) is 8.31. The van der Waals surface area contributed by atoms with Gasteiger partial charge < -0.3 is 14.6 Å². The number of methoxy groups -OCH3 is 1. The van der Waals surface area contributed by atoms with E-state index in [1.807, 2.05) is 0 Å². The van der Waals surface area contributed by atoms with Crippen LogP contribution in [-0.4, -0.2) is 39.1 Å². The minimum Gasteiger partial charge on any atom is -0.496 e. The van der Waals surface area contributed by atoms with E-state index in [0.29, 0.717) is 11.4 Å². The average molecular weight is 393 g/mol. The van der Waals surface area contributed by atoms with Gasteiger partial charge in [-0.1, -0.05) is 12.1 Å². The number of hydrogen-bond acceptors (Lipinski definition) is 5. The minimum absolute atomic E-state index is 0.107. The number of nitrogens with zero attached hydrogens (tertiary/aromatic N) is 1. The molecule has 0 aliphatic carbocycles. The number of carbonyl (C=O) groups excluding carboxylic acids is 1. The zero-order valence-corrected chi connectivity index (χ0v) is 16.3. The van der Waals surface area contributed by atoms with Crippen LogP contribution in [-0.2, 0) is 21.4 Å². The Morgan fingerprint density at radius 2 is 1.93 bits per heavy atom. The van der Waals surface area contributed by atoms with Crippen LogP contribution in [0.4, 0.5) is 0 Å². The van der Waals surface area contributed by atoms with Crippen molar-refractivity contribution in [3.05, 3.63) is 58.0 Å². The molecule has 9 heteroatoms. The van der Waals surface area contributed by atoms with Gasteiger partial charge in [0.05, 0.1) is 18.6 Å². The van der Waals surface area contributed by atoms with E-state index in [1.165, 1.54) is 29.9 Å². The molecule has 2 N–H and O–H groups in total. The van der Waals surface area contributed by atoms with E-state index in [1.54, 1.807) is 32.0 Å². The van der Waals surface area contributed by atoms with Crippen molar-refractivity contribution in [2.45, 2.75) is 25.3 Å². The maximum Gasteiger partial charge on any atom is 0.254 e. The van der Waals surface area contributed by atoms with Crippen LogP contribution in [0.25, 0.3) is 0 Å². The average Bonchev–Trinajstić information content (AvgIpc) is 2.62. The van der Waals surface area contributed by atoms with Crippen LogP contribution in [0.5, 0.6) is 5.75 Å². The fourth-order valence-electron chi connectivity index (χ4n) is 2.50. The molecule has 0 radical (unpaired) electrons. The second-order valence-electron chi connectivity index (χ2n) is 6.02. The van der Waals surface area contributed by atoms with Gasteiger partial charge in [0.2, 0.25) is 15.9 Å². The molecule has 0 atom stereocenters. The fourth-order valence-corrected chi connectivity index (χ4v) is 3.59. The third-order valence-corrected chi connectivity index (χ3v) is 5.32. The molecule has 8 nitrogen and oxygen atoms in total. The van der Waals surface area contributed by atoms with E-state index >= 15 is 0 Å². The lowest BCUT2D eigenvalue weighted by Crippen LogP contribution is -2.39. The second-order valence-corrected chi connectivity index (χ2v) is 7.78. The number of amides is 1. The van der Waals surface area contributed by atoms with Gasteiger partial charge in [0.1, 0.15) is 5.75 Å². The monoisotopic (exact) mass is 393 g/mol. The summed E-state index contributed by atoms with van der Waals surface area (Å²) < 4.78 is 33.2. The van der Waals surface area contributed by atoms with E-state index in [2.05, 4.69) is 10.0 Å². The predicted octanol–water partition coefficient (Wildman–Crippen LogP) is 0.568. The highest BCUT2D eigenvalue weighted by atomic mass is 32.2. The number of carbonyl (C=O) groups is 1. The van der Waals surface area contributed by atoms with Crippen LogP contribution in [0.15, 0.2) is 46.1 Å². The second kappa shape index (κ2) is 8.83. The molecule has 1 aromatic carbocycles. The van der Waals surface area contributed by atoms with Crippen molar-refractivity contribution < 1.29 is 17.9 Å². The minimum atomic E-state index is -3.76. The Hall–Kier alpha value is -2.65. The van der Waals surface area contributed by atoms with Gasteiger partial charge in [0.25, 0.3) is 5.56 Å². The van der Waals surface area contributed by atoms with Crippen molar-refractivity contribution in [3.8, 4) is 5.75 Å². The van der Waals surface area contributed by atoms with Gasteiger partial charge in [-0.05, 0) is 37.6 Å². The van der Waals surface area contributed by atoms with Crippen molar-refractivity contribution in [1.82, 2.24) is 14.6 Å². The number of aromatic nitrogens is 1.